The summed E-state index contributed by atoms with van der Waals surface area (Å²) in [6.07, 6.45) is 4.53. The summed E-state index contributed by atoms with van der Waals surface area (Å²) < 4.78 is 13.4. The van der Waals surface area contributed by atoms with Crippen molar-refractivity contribution in [3.63, 3.8) is 0 Å². The number of carboxylic acids is 1. The van der Waals surface area contributed by atoms with E-state index < -0.39 is 17.7 Å². The van der Waals surface area contributed by atoms with Gasteiger partial charge in [0.05, 0.1) is 38.0 Å². The Balaban J connectivity index is 1.26. The maximum Gasteiger partial charge on any atom is 0.335 e. The maximum absolute atomic E-state index is 11.5. The first-order valence-electron chi connectivity index (χ1n) is 14.1. The summed E-state index contributed by atoms with van der Waals surface area (Å²) in [4.78, 5) is 16.1. The topological polar surface area (TPSA) is 106 Å². The number of hydrogen-bond donors (Lipinski definition) is 2. The van der Waals surface area contributed by atoms with E-state index in [1.54, 1.807) is 30.3 Å². The van der Waals surface area contributed by atoms with Crippen LogP contribution in [0.1, 0.15) is 91.1 Å². The molecule has 2 aromatic heterocycles. The van der Waals surface area contributed by atoms with Crippen LogP contribution in [0.5, 0.6) is 0 Å². The number of nitrogens with zero attached hydrogens (tertiary/aromatic N) is 2. The average Bonchev–Trinajstić information content (AvgIpc) is 3.56. The summed E-state index contributed by atoms with van der Waals surface area (Å²) in [5, 5.41) is 26.9. The predicted octanol–water partition coefficient (Wildman–Crippen LogP) is 8.67. The van der Waals surface area contributed by atoms with Crippen LogP contribution in [0.3, 0.4) is 0 Å². The molecule has 0 radical (unpaired) electrons. The number of aromatic nitrogens is 2. The van der Waals surface area contributed by atoms with Crippen molar-refractivity contribution < 1.29 is 24.3 Å². The number of rotatable bonds is 9. The van der Waals surface area contributed by atoms with Crippen LogP contribution in [0.25, 0.3) is 21.5 Å². The number of aromatic carboxylic acids is 1. The van der Waals surface area contributed by atoms with E-state index in [4.69, 9.17) is 32.5 Å². The van der Waals surface area contributed by atoms with Gasteiger partial charge < -0.3 is 19.5 Å². The van der Waals surface area contributed by atoms with E-state index in [0.717, 1.165) is 48.1 Å². The van der Waals surface area contributed by atoms with Gasteiger partial charge in [-0.1, -0.05) is 48.3 Å². The van der Waals surface area contributed by atoms with Crippen molar-refractivity contribution in [2.45, 2.75) is 76.6 Å². The second-order valence-corrected chi connectivity index (χ2v) is 13.4. The van der Waals surface area contributed by atoms with Gasteiger partial charge in [-0.25, -0.2) is 9.78 Å². The van der Waals surface area contributed by atoms with Crippen molar-refractivity contribution >= 4 is 50.7 Å². The Labute approximate surface area is 252 Å². The highest BCUT2D eigenvalue weighted by Gasteiger charge is 2.43. The van der Waals surface area contributed by atoms with Crippen molar-refractivity contribution in [3.05, 3.63) is 68.3 Å². The van der Waals surface area contributed by atoms with Crippen LogP contribution in [-0.4, -0.2) is 31.9 Å². The first kappa shape index (κ1) is 28.6. The van der Waals surface area contributed by atoms with Crippen LogP contribution in [0.15, 0.2) is 40.9 Å². The molecule has 0 aliphatic heterocycles. The van der Waals surface area contributed by atoms with Gasteiger partial charge in [0.2, 0.25) is 0 Å². The van der Waals surface area contributed by atoms with E-state index in [9.17, 15) is 15.0 Å². The lowest BCUT2D eigenvalue weighted by atomic mass is 9.70. The van der Waals surface area contributed by atoms with E-state index in [-0.39, 0.29) is 11.5 Å². The molecule has 4 aromatic rings. The van der Waals surface area contributed by atoms with Crippen LogP contribution in [0.4, 0.5) is 0 Å². The average molecular weight is 616 g/mol. The molecule has 2 N–H and O–H groups in total. The molecule has 2 aliphatic carbocycles. The minimum absolute atomic E-state index is 0.0546. The smallest absolute Gasteiger partial charge is 0.335 e. The number of aliphatic hydroxyl groups excluding tert-OH is 1. The van der Waals surface area contributed by atoms with Crippen molar-refractivity contribution in [1.82, 2.24) is 10.1 Å². The van der Waals surface area contributed by atoms with Crippen LogP contribution in [-0.2, 0) is 11.3 Å². The number of thiazole rings is 1. The molecule has 7 nitrogen and oxygen atoms in total. The standard InChI is InChI=1S/C31H32Cl2N2O5S/c1-3-31(39-15-20-26(35-40-28(20)17-7-8-17)25-21(32)5-4-6-22(25)33)13-16(2)11-19(14-31)27(36)29-34-23-10-9-18(30(37)38)12-24(23)41-29/h4-6,9-10,12,16-17,19,27,36H,3,7-8,11,13-15H2,1-2H3,(H,37,38). The molecule has 216 valence electrons. The number of halogens is 2. The first-order valence-corrected chi connectivity index (χ1v) is 15.6. The minimum atomic E-state index is -0.981. The van der Waals surface area contributed by atoms with Crippen LogP contribution >= 0.6 is 34.5 Å². The Kier molecular flexibility index (Phi) is 7.89. The largest absolute Gasteiger partial charge is 0.478 e. The quantitative estimate of drug-likeness (QED) is 0.194. The SMILES string of the molecule is CCC1(OCc2c(-c3c(Cl)cccc3Cl)noc2C2CC2)CC(C)CC(C(O)c2nc3ccc(C(=O)O)cc3s2)C1. The Bertz CT molecular complexity index is 1580. The van der Waals surface area contributed by atoms with Gasteiger partial charge in [0.15, 0.2) is 0 Å². The van der Waals surface area contributed by atoms with Gasteiger partial charge in [0.25, 0.3) is 0 Å². The lowest BCUT2D eigenvalue weighted by molar-refractivity contribution is -0.121. The highest BCUT2D eigenvalue weighted by molar-refractivity contribution is 7.18. The lowest BCUT2D eigenvalue weighted by Gasteiger charge is -2.44. The molecular weight excluding hydrogens is 583 g/mol. The molecule has 0 saturated heterocycles. The third-order valence-electron chi connectivity index (χ3n) is 8.54. The van der Waals surface area contributed by atoms with Gasteiger partial charge in [-0.15, -0.1) is 11.3 Å². The van der Waals surface area contributed by atoms with Gasteiger partial charge in [0, 0.05) is 17.0 Å². The Morgan fingerprint density at radius 2 is 1.98 bits per heavy atom. The number of carboxylic acid groups (broad SMARTS) is 1. The summed E-state index contributed by atoms with van der Waals surface area (Å²) in [5.41, 5.74) is 2.64. The van der Waals surface area contributed by atoms with E-state index in [2.05, 4.69) is 24.0 Å². The van der Waals surface area contributed by atoms with E-state index in [1.807, 2.05) is 6.07 Å². The van der Waals surface area contributed by atoms with E-state index >= 15 is 0 Å². The molecule has 4 unspecified atom stereocenters. The zero-order valence-corrected chi connectivity index (χ0v) is 25.2. The fraction of sp³-hybridized carbons (Fsp3) is 0.452. The van der Waals surface area contributed by atoms with Crippen LogP contribution in [0.2, 0.25) is 10.0 Å². The summed E-state index contributed by atoms with van der Waals surface area (Å²) >= 11 is 14.5. The highest BCUT2D eigenvalue weighted by atomic mass is 35.5. The Morgan fingerprint density at radius 3 is 2.66 bits per heavy atom. The van der Waals surface area contributed by atoms with Crippen LogP contribution < -0.4 is 0 Å². The number of fused-ring (bicyclic) bond motifs is 1. The van der Waals surface area contributed by atoms with Crippen LogP contribution in [0, 0.1) is 11.8 Å². The number of ether oxygens (including phenoxy) is 1. The molecule has 0 spiro atoms. The fourth-order valence-corrected chi connectivity index (χ4v) is 7.97. The van der Waals surface area contributed by atoms with Gasteiger partial charge in [0.1, 0.15) is 22.6 Å². The second kappa shape index (κ2) is 11.3. The van der Waals surface area contributed by atoms with Crippen molar-refractivity contribution in [2.75, 3.05) is 0 Å². The molecule has 2 saturated carbocycles. The second-order valence-electron chi connectivity index (χ2n) is 11.6. The molecule has 0 bridgehead atoms. The van der Waals surface area contributed by atoms with Crippen molar-refractivity contribution in [1.29, 1.82) is 0 Å². The van der Waals surface area contributed by atoms with Gasteiger partial charge in [-0.3, -0.25) is 0 Å². The maximum atomic E-state index is 11.5. The molecule has 2 heterocycles. The number of hydrogen-bond acceptors (Lipinski definition) is 7. The fourth-order valence-electron chi connectivity index (χ4n) is 6.31. The first-order chi connectivity index (χ1) is 19.7. The zero-order valence-electron chi connectivity index (χ0n) is 22.9. The number of carbonyl (C=O) groups is 1. The number of aliphatic hydroxyl groups is 1. The zero-order chi connectivity index (χ0) is 28.9. The van der Waals surface area contributed by atoms with Gasteiger partial charge >= 0.3 is 5.97 Å². The monoisotopic (exact) mass is 614 g/mol. The Hall–Kier alpha value is -2.49. The number of benzene rings is 2. The Morgan fingerprint density at radius 1 is 1.22 bits per heavy atom. The lowest BCUT2D eigenvalue weighted by Crippen LogP contribution is -2.42. The summed E-state index contributed by atoms with van der Waals surface area (Å²) in [5.74, 6) is 0.471. The molecule has 10 heteroatoms. The summed E-state index contributed by atoms with van der Waals surface area (Å²) in [7, 11) is 0. The van der Waals surface area contributed by atoms with Crippen molar-refractivity contribution in [3.8, 4) is 11.3 Å². The molecule has 2 aliphatic rings. The molecule has 2 aromatic carbocycles. The van der Waals surface area contributed by atoms with E-state index in [0.29, 0.717) is 56.7 Å². The molecule has 6 rings (SSSR count). The molecule has 4 atom stereocenters. The normalized spacial score (nSPS) is 23.6. The predicted molar refractivity (Wildman–Crippen MR) is 160 cm³/mol. The third-order valence-corrected chi connectivity index (χ3v) is 10.3. The molecule has 2 fully saturated rings. The van der Waals surface area contributed by atoms with Gasteiger partial charge in [-0.05, 0) is 80.7 Å². The summed E-state index contributed by atoms with van der Waals surface area (Å²) in [6, 6.07) is 10.3. The molecule has 0 amide bonds. The molecule has 41 heavy (non-hydrogen) atoms. The minimum Gasteiger partial charge on any atom is -0.478 e. The van der Waals surface area contributed by atoms with Gasteiger partial charge in [-0.2, -0.15) is 0 Å². The van der Waals surface area contributed by atoms with E-state index in [1.165, 1.54) is 11.3 Å². The summed E-state index contributed by atoms with van der Waals surface area (Å²) in [6.45, 7) is 4.65. The highest BCUT2D eigenvalue weighted by Crippen LogP contribution is 2.49. The third kappa shape index (κ3) is 5.65. The molecular formula is C31H32Cl2N2O5S. The van der Waals surface area contributed by atoms with Crippen molar-refractivity contribution in [2.24, 2.45) is 11.8 Å².